The SMILES string of the molecule is NC[C@@H]1CC[C@@H](N)[C@@H](O[C@H]2C[C@@H](O[C@H]3O[C@H](CO)[C@@H](O)[C@H](N)[C@H]3N)[C@H](N)C[C@@H]2N)O1. The van der Waals surface area contributed by atoms with Gasteiger partial charge in [-0.2, -0.15) is 0 Å². The molecule has 0 aromatic carbocycles. The predicted molar refractivity (Wildman–Crippen MR) is 108 cm³/mol. The molecule has 3 aliphatic rings. The molecular weight excluding hydrogens is 396 g/mol. The molecule has 2 saturated heterocycles. The summed E-state index contributed by atoms with van der Waals surface area (Å²) in [5.41, 5.74) is 36.5. The highest BCUT2D eigenvalue weighted by Crippen LogP contribution is 2.29. The van der Waals surface area contributed by atoms with Crippen LogP contribution in [-0.2, 0) is 18.9 Å². The van der Waals surface area contributed by atoms with Gasteiger partial charge in [-0.05, 0) is 19.3 Å². The lowest BCUT2D eigenvalue weighted by Crippen LogP contribution is -2.67. The minimum absolute atomic E-state index is 0.0964. The molecule has 0 spiro atoms. The van der Waals surface area contributed by atoms with Crippen molar-refractivity contribution in [2.45, 2.75) is 99.0 Å². The topological polar surface area (TPSA) is 234 Å². The van der Waals surface area contributed by atoms with Gasteiger partial charge in [-0.1, -0.05) is 0 Å². The van der Waals surface area contributed by atoms with Gasteiger partial charge in [0.25, 0.3) is 0 Å². The zero-order chi connectivity index (χ0) is 22.0. The number of hydrogen-bond acceptors (Lipinski definition) is 12. The molecule has 0 aromatic rings. The van der Waals surface area contributed by atoms with Gasteiger partial charge in [-0.25, -0.2) is 0 Å². The quantitative estimate of drug-likeness (QED) is 0.198. The average molecular weight is 435 g/mol. The molecule has 2 heterocycles. The lowest BCUT2D eigenvalue weighted by Gasteiger charge is -2.46. The maximum absolute atomic E-state index is 10.1. The highest BCUT2D eigenvalue weighted by Gasteiger charge is 2.45. The van der Waals surface area contributed by atoms with Crippen LogP contribution in [0.1, 0.15) is 25.7 Å². The second kappa shape index (κ2) is 10.4. The number of aliphatic hydroxyl groups excluding tert-OH is 2. The molecule has 0 bridgehead atoms. The molecule has 1 saturated carbocycles. The maximum atomic E-state index is 10.1. The first kappa shape index (κ1) is 24.2. The van der Waals surface area contributed by atoms with Crippen molar-refractivity contribution in [3.05, 3.63) is 0 Å². The normalized spacial score (nSPS) is 50.4. The summed E-state index contributed by atoms with van der Waals surface area (Å²) in [4.78, 5) is 0. The summed E-state index contributed by atoms with van der Waals surface area (Å²) in [5, 5.41) is 19.5. The summed E-state index contributed by atoms with van der Waals surface area (Å²) in [7, 11) is 0. The van der Waals surface area contributed by atoms with Crippen LogP contribution in [0, 0.1) is 0 Å². The van der Waals surface area contributed by atoms with Crippen LogP contribution in [0.3, 0.4) is 0 Å². The molecule has 176 valence electrons. The van der Waals surface area contributed by atoms with Crippen molar-refractivity contribution < 1.29 is 29.2 Å². The summed E-state index contributed by atoms with van der Waals surface area (Å²) < 4.78 is 23.7. The van der Waals surface area contributed by atoms with E-state index in [4.69, 9.17) is 53.3 Å². The van der Waals surface area contributed by atoms with Gasteiger partial charge in [-0.3, -0.25) is 0 Å². The van der Waals surface area contributed by atoms with Crippen LogP contribution in [0.25, 0.3) is 0 Å². The lowest BCUT2D eigenvalue weighted by molar-refractivity contribution is -0.273. The van der Waals surface area contributed by atoms with Gasteiger partial charge in [0.1, 0.15) is 6.10 Å². The first-order valence-electron chi connectivity index (χ1n) is 10.6. The Kier molecular flexibility index (Phi) is 8.40. The highest BCUT2D eigenvalue weighted by molar-refractivity contribution is 4.97. The molecule has 3 rings (SSSR count). The zero-order valence-corrected chi connectivity index (χ0v) is 17.2. The third-order valence-electron chi connectivity index (χ3n) is 6.37. The van der Waals surface area contributed by atoms with Crippen LogP contribution >= 0.6 is 0 Å². The number of hydrogen-bond donors (Lipinski definition) is 8. The minimum Gasteiger partial charge on any atom is -0.394 e. The molecule has 12 heteroatoms. The Morgan fingerprint density at radius 3 is 2.03 bits per heavy atom. The molecule has 3 fully saturated rings. The van der Waals surface area contributed by atoms with Crippen molar-refractivity contribution in [2.24, 2.45) is 34.4 Å². The van der Waals surface area contributed by atoms with Gasteiger partial charge < -0.3 is 63.6 Å². The van der Waals surface area contributed by atoms with E-state index in [1.165, 1.54) is 0 Å². The van der Waals surface area contributed by atoms with Crippen LogP contribution in [0.5, 0.6) is 0 Å². The minimum atomic E-state index is -1.09. The van der Waals surface area contributed by atoms with E-state index in [2.05, 4.69) is 0 Å². The van der Waals surface area contributed by atoms with E-state index in [-0.39, 0.29) is 24.2 Å². The Bertz CT molecular complexity index is 547. The van der Waals surface area contributed by atoms with Gasteiger partial charge in [0.2, 0.25) is 0 Å². The monoisotopic (exact) mass is 434 g/mol. The molecule has 12 atom stereocenters. The van der Waals surface area contributed by atoms with E-state index in [0.29, 0.717) is 19.4 Å². The number of nitrogens with two attached hydrogens (primary N) is 6. The van der Waals surface area contributed by atoms with Crippen LogP contribution in [0.15, 0.2) is 0 Å². The van der Waals surface area contributed by atoms with Crippen LogP contribution in [-0.4, -0.2) is 96.7 Å². The first-order chi connectivity index (χ1) is 14.2. The van der Waals surface area contributed by atoms with Crippen molar-refractivity contribution in [1.82, 2.24) is 0 Å². The Balaban J connectivity index is 1.63. The Hall–Kier alpha value is -0.480. The van der Waals surface area contributed by atoms with Crippen LogP contribution in [0.2, 0.25) is 0 Å². The Labute approximate surface area is 176 Å². The molecule has 12 nitrogen and oxygen atoms in total. The van der Waals surface area contributed by atoms with Crippen molar-refractivity contribution in [3.63, 3.8) is 0 Å². The summed E-state index contributed by atoms with van der Waals surface area (Å²) in [5.74, 6) is 0. The van der Waals surface area contributed by atoms with Gasteiger partial charge in [0.15, 0.2) is 12.6 Å². The molecule has 0 unspecified atom stereocenters. The molecular formula is C18H38N6O6. The second-order valence-corrected chi connectivity index (χ2v) is 8.62. The maximum Gasteiger partial charge on any atom is 0.175 e. The van der Waals surface area contributed by atoms with Crippen molar-refractivity contribution in [3.8, 4) is 0 Å². The summed E-state index contributed by atoms with van der Waals surface area (Å²) in [6, 6.07) is -2.55. The largest absolute Gasteiger partial charge is 0.394 e. The van der Waals surface area contributed by atoms with Gasteiger partial charge in [-0.15, -0.1) is 0 Å². The third kappa shape index (κ3) is 5.28. The predicted octanol–water partition coefficient (Wildman–Crippen LogP) is -4.27. The van der Waals surface area contributed by atoms with E-state index < -0.39 is 55.7 Å². The van der Waals surface area contributed by atoms with E-state index in [0.717, 1.165) is 12.8 Å². The number of rotatable bonds is 6. The molecule has 0 radical (unpaired) electrons. The number of aliphatic hydroxyl groups is 2. The third-order valence-corrected chi connectivity index (χ3v) is 6.37. The lowest BCUT2D eigenvalue weighted by atomic mass is 9.86. The van der Waals surface area contributed by atoms with Crippen molar-refractivity contribution in [2.75, 3.05) is 13.2 Å². The Morgan fingerprint density at radius 1 is 0.800 bits per heavy atom. The summed E-state index contributed by atoms with van der Waals surface area (Å²) in [6.07, 6.45) is -2.09. The van der Waals surface area contributed by atoms with E-state index >= 15 is 0 Å². The van der Waals surface area contributed by atoms with Crippen molar-refractivity contribution in [1.29, 1.82) is 0 Å². The smallest absolute Gasteiger partial charge is 0.175 e. The number of ether oxygens (including phenoxy) is 4. The van der Waals surface area contributed by atoms with Crippen molar-refractivity contribution >= 4 is 0 Å². The fourth-order valence-corrected chi connectivity index (χ4v) is 4.31. The molecule has 30 heavy (non-hydrogen) atoms. The van der Waals surface area contributed by atoms with Gasteiger partial charge in [0, 0.05) is 25.0 Å². The Morgan fingerprint density at radius 2 is 1.43 bits per heavy atom. The molecule has 14 N–H and O–H groups in total. The highest BCUT2D eigenvalue weighted by atomic mass is 16.7. The average Bonchev–Trinajstić information content (AvgIpc) is 2.73. The van der Waals surface area contributed by atoms with Gasteiger partial charge in [0.05, 0.1) is 49.1 Å². The fraction of sp³-hybridized carbons (Fsp3) is 1.00. The van der Waals surface area contributed by atoms with E-state index in [9.17, 15) is 10.2 Å². The van der Waals surface area contributed by atoms with E-state index in [1.54, 1.807) is 0 Å². The molecule has 1 aliphatic carbocycles. The van der Waals surface area contributed by atoms with Gasteiger partial charge >= 0.3 is 0 Å². The molecule has 2 aliphatic heterocycles. The molecule has 0 amide bonds. The van der Waals surface area contributed by atoms with Crippen LogP contribution < -0.4 is 34.4 Å². The standard InChI is InChI=1S/C18H38N6O6/c19-5-7-1-2-8(20)17(27-7)28-11-4-12(10(22)3-9(11)21)29-18-15(24)14(23)16(26)13(6-25)30-18/h7-18,25-26H,1-6,19-24H2/t7-,8+,9-,10+,11-,12+,13+,14+,15+,16+,17+,18-/m0/s1. The second-order valence-electron chi connectivity index (χ2n) is 8.62. The fourth-order valence-electron chi connectivity index (χ4n) is 4.31. The van der Waals surface area contributed by atoms with Crippen LogP contribution in [0.4, 0.5) is 0 Å². The first-order valence-corrected chi connectivity index (χ1v) is 10.6. The summed E-state index contributed by atoms with van der Waals surface area (Å²) in [6.45, 7) is -0.0110. The van der Waals surface area contributed by atoms with E-state index in [1.807, 2.05) is 0 Å². The summed E-state index contributed by atoms with van der Waals surface area (Å²) >= 11 is 0. The molecule has 0 aromatic heterocycles. The zero-order valence-electron chi connectivity index (χ0n) is 17.2.